The number of hydrogen-bond acceptors (Lipinski definition) is 2. The van der Waals surface area contributed by atoms with Crippen LogP contribution in [0.15, 0.2) is 24.3 Å². The molecule has 1 atom stereocenters. The van der Waals surface area contributed by atoms with Crippen LogP contribution < -0.4 is 4.74 Å². The van der Waals surface area contributed by atoms with Crippen LogP contribution in [0.5, 0.6) is 5.75 Å². The molecule has 1 aromatic carbocycles. The summed E-state index contributed by atoms with van der Waals surface area (Å²) in [5.41, 5.74) is 0. The van der Waals surface area contributed by atoms with E-state index in [0.717, 1.165) is 0 Å². The molecule has 0 aliphatic carbocycles. The maximum Gasteiger partial charge on any atom is 0.123 e. The zero-order valence-corrected chi connectivity index (χ0v) is 7.79. The van der Waals surface area contributed by atoms with Crippen molar-refractivity contribution in [2.45, 2.75) is 13.0 Å². The van der Waals surface area contributed by atoms with Crippen LogP contribution in [0.2, 0.25) is 0 Å². The molecule has 0 amide bonds. The molecule has 13 heavy (non-hydrogen) atoms. The van der Waals surface area contributed by atoms with Crippen LogP contribution in [-0.2, 0) is 4.74 Å². The van der Waals surface area contributed by atoms with Crippen molar-refractivity contribution in [3.05, 3.63) is 30.1 Å². The molecule has 2 nitrogen and oxygen atoms in total. The molecule has 0 heterocycles. The van der Waals surface area contributed by atoms with E-state index in [4.69, 9.17) is 9.47 Å². The van der Waals surface area contributed by atoms with Crippen LogP contribution in [0, 0.1) is 5.82 Å². The second-order valence-electron chi connectivity index (χ2n) is 2.81. The normalized spacial score (nSPS) is 12.5. The summed E-state index contributed by atoms with van der Waals surface area (Å²) in [4.78, 5) is 0. The largest absolute Gasteiger partial charge is 0.491 e. The Morgan fingerprint density at radius 1 is 1.31 bits per heavy atom. The molecule has 0 N–H and O–H groups in total. The number of methoxy groups -OCH3 is 1. The van der Waals surface area contributed by atoms with Crippen molar-refractivity contribution in [1.29, 1.82) is 0 Å². The third-order valence-electron chi connectivity index (χ3n) is 1.70. The van der Waals surface area contributed by atoms with Gasteiger partial charge in [-0.2, -0.15) is 0 Å². The van der Waals surface area contributed by atoms with Gasteiger partial charge in [-0.25, -0.2) is 4.39 Å². The number of benzene rings is 1. The molecule has 0 radical (unpaired) electrons. The summed E-state index contributed by atoms with van der Waals surface area (Å²) in [6.07, 6.45) is 0.0463. The van der Waals surface area contributed by atoms with E-state index in [2.05, 4.69) is 0 Å². The summed E-state index contributed by atoms with van der Waals surface area (Å²) >= 11 is 0. The van der Waals surface area contributed by atoms with E-state index in [1.54, 1.807) is 19.2 Å². The SMILES string of the molecule is COC(C)COc1ccc(F)cc1. The molecule has 1 aromatic rings. The van der Waals surface area contributed by atoms with Gasteiger partial charge in [0.15, 0.2) is 0 Å². The van der Waals surface area contributed by atoms with Crippen molar-refractivity contribution in [2.75, 3.05) is 13.7 Å². The highest BCUT2D eigenvalue weighted by atomic mass is 19.1. The Balaban J connectivity index is 2.41. The molecule has 0 spiro atoms. The minimum Gasteiger partial charge on any atom is -0.491 e. The van der Waals surface area contributed by atoms with Gasteiger partial charge in [-0.05, 0) is 31.2 Å². The molecule has 0 saturated heterocycles. The fraction of sp³-hybridized carbons (Fsp3) is 0.400. The van der Waals surface area contributed by atoms with Crippen LogP contribution in [0.4, 0.5) is 4.39 Å². The molecular formula is C10H13FO2. The van der Waals surface area contributed by atoms with E-state index < -0.39 is 0 Å². The van der Waals surface area contributed by atoms with E-state index in [0.29, 0.717) is 12.4 Å². The zero-order valence-electron chi connectivity index (χ0n) is 7.79. The van der Waals surface area contributed by atoms with E-state index in [1.165, 1.54) is 12.1 Å². The van der Waals surface area contributed by atoms with Gasteiger partial charge in [0.1, 0.15) is 18.2 Å². The van der Waals surface area contributed by atoms with Gasteiger partial charge in [0.2, 0.25) is 0 Å². The van der Waals surface area contributed by atoms with Gasteiger partial charge in [-0.1, -0.05) is 0 Å². The van der Waals surface area contributed by atoms with Crippen molar-refractivity contribution in [3.63, 3.8) is 0 Å². The molecule has 0 saturated carbocycles. The second-order valence-corrected chi connectivity index (χ2v) is 2.81. The third kappa shape index (κ3) is 3.42. The molecule has 1 unspecified atom stereocenters. The third-order valence-corrected chi connectivity index (χ3v) is 1.70. The summed E-state index contributed by atoms with van der Waals surface area (Å²) in [5.74, 6) is 0.400. The lowest BCUT2D eigenvalue weighted by Gasteiger charge is -2.10. The Morgan fingerprint density at radius 3 is 2.46 bits per heavy atom. The molecule has 0 fully saturated rings. The summed E-state index contributed by atoms with van der Waals surface area (Å²) in [6, 6.07) is 5.93. The zero-order chi connectivity index (χ0) is 9.68. The van der Waals surface area contributed by atoms with Crippen molar-refractivity contribution >= 4 is 0 Å². The lowest BCUT2D eigenvalue weighted by molar-refractivity contribution is 0.0716. The van der Waals surface area contributed by atoms with Gasteiger partial charge in [0, 0.05) is 7.11 Å². The predicted molar refractivity (Wildman–Crippen MR) is 48.4 cm³/mol. The first kappa shape index (κ1) is 9.99. The Bertz CT molecular complexity index is 246. The van der Waals surface area contributed by atoms with Gasteiger partial charge in [-0.15, -0.1) is 0 Å². The predicted octanol–water partition coefficient (Wildman–Crippen LogP) is 2.24. The number of ether oxygens (including phenoxy) is 2. The van der Waals surface area contributed by atoms with Gasteiger partial charge in [0.05, 0.1) is 6.10 Å². The lowest BCUT2D eigenvalue weighted by atomic mass is 10.3. The van der Waals surface area contributed by atoms with E-state index in [9.17, 15) is 4.39 Å². The Morgan fingerprint density at radius 2 is 1.92 bits per heavy atom. The Hall–Kier alpha value is -1.09. The fourth-order valence-electron chi connectivity index (χ4n) is 0.812. The molecule has 0 bridgehead atoms. The van der Waals surface area contributed by atoms with Crippen molar-refractivity contribution in [3.8, 4) is 5.75 Å². The summed E-state index contributed by atoms with van der Waals surface area (Å²) < 4.78 is 22.8. The van der Waals surface area contributed by atoms with Crippen LogP contribution >= 0.6 is 0 Å². The van der Waals surface area contributed by atoms with Crippen LogP contribution in [0.1, 0.15) is 6.92 Å². The quantitative estimate of drug-likeness (QED) is 0.714. The first-order valence-electron chi connectivity index (χ1n) is 4.13. The molecule has 0 aromatic heterocycles. The average Bonchev–Trinajstić information content (AvgIpc) is 2.16. The molecule has 72 valence electrons. The molecule has 0 aliphatic heterocycles. The smallest absolute Gasteiger partial charge is 0.123 e. The maximum absolute atomic E-state index is 12.5. The first-order valence-corrected chi connectivity index (χ1v) is 4.13. The summed E-state index contributed by atoms with van der Waals surface area (Å²) in [5, 5.41) is 0. The number of hydrogen-bond donors (Lipinski definition) is 0. The Labute approximate surface area is 77.3 Å². The number of halogens is 1. The first-order chi connectivity index (χ1) is 6.22. The molecule has 1 rings (SSSR count). The molecular weight excluding hydrogens is 171 g/mol. The number of rotatable bonds is 4. The van der Waals surface area contributed by atoms with Crippen molar-refractivity contribution < 1.29 is 13.9 Å². The van der Waals surface area contributed by atoms with E-state index in [-0.39, 0.29) is 11.9 Å². The van der Waals surface area contributed by atoms with E-state index >= 15 is 0 Å². The fourth-order valence-corrected chi connectivity index (χ4v) is 0.812. The standard InChI is InChI=1S/C10H13FO2/c1-8(12-2)7-13-10-5-3-9(11)4-6-10/h3-6,8H,7H2,1-2H3. The van der Waals surface area contributed by atoms with Crippen molar-refractivity contribution in [1.82, 2.24) is 0 Å². The molecule has 0 aliphatic rings. The second kappa shape index (κ2) is 4.82. The summed E-state index contributed by atoms with van der Waals surface area (Å²) in [6.45, 7) is 2.38. The minimum atomic E-state index is -0.257. The maximum atomic E-state index is 12.5. The van der Waals surface area contributed by atoms with Gasteiger partial charge < -0.3 is 9.47 Å². The van der Waals surface area contributed by atoms with Gasteiger partial charge in [0.25, 0.3) is 0 Å². The van der Waals surface area contributed by atoms with Crippen LogP contribution in [0.25, 0.3) is 0 Å². The van der Waals surface area contributed by atoms with Crippen molar-refractivity contribution in [2.24, 2.45) is 0 Å². The monoisotopic (exact) mass is 184 g/mol. The van der Waals surface area contributed by atoms with Gasteiger partial charge in [-0.3, -0.25) is 0 Å². The highest BCUT2D eigenvalue weighted by Gasteiger charge is 2.00. The van der Waals surface area contributed by atoms with Crippen LogP contribution in [-0.4, -0.2) is 19.8 Å². The van der Waals surface area contributed by atoms with Crippen LogP contribution in [0.3, 0.4) is 0 Å². The van der Waals surface area contributed by atoms with Gasteiger partial charge >= 0.3 is 0 Å². The summed E-state index contributed by atoms with van der Waals surface area (Å²) in [7, 11) is 1.62. The molecule has 3 heteroatoms. The topological polar surface area (TPSA) is 18.5 Å². The lowest BCUT2D eigenvalue weighted by Crippen LogP contribution is -2.15. The highest BCUT2D eigenvalue weighted by Crippen LogP contribution is 2.11. The highest BCUT2D eigenvalue weighted by molar-refractivity contribution is 5.21. The Kier molecular flexibility index (Phi) is 3.71. The average molecular weight is 184 g/mol. The minimum absolute atomic E-state index is 0.0463. The van der Waals surface area contributed by atoms with E-state index in [1.807, 2.05) is 6.92 Å².